The number of aliphatic carboxylic acids is 1. The van der Waals surface area contributed by atoms with Crippen LogP contribution in [0.4, 0.5) is 4.39 Å². The molecule has 3 heterocycles. The van der Waals surface area contributed by atoms with Gasteiger partial charge in [0.05, 0.1) is 6.42 Å². The van der Waals surface area contributed by atoms with E-state index < -0.39 is 29.1 Å². The summed E-state index contributed by atoms with van der Waals surface area (Å²) in [6.45, 7) is 1.84. The molecule has 0 radical (unpaired) electrons. The summed E-state index contributed by atoms with van der Waals surface area (Å²) < 4.78 is 13.7. The molecule has 1 fully saturated rings. The number of carboxylic acid groups (broad SMARTS) is 1. The minimum Gasteiger partial charge on any atom is -0.477 e. The molecule has 162 valence electrons. The van der Waals surface area contributed by atoms with Gasteiger partial charge in [0.25, 0.3) is 5.91 Å². The SMILES string of the molecule is Cc1nnc(SCC2=C(C(=O)O)N3C(=O)C(NC(=O)Cc4ccc(F)cc4)C3SC2)s1. The second-order valence-corrected chi connectivity index (χ2v) is 10.4. The van der Waals surface area contributed by atoms with Crippen LogP contribution in [-0.4, -0.2) is 60.9 Å². The molecule has 2 unspecified atom stereocenters. The van der Waals surface area contributed by atoms with Crippen LogP contribution in [0.1, 0.15) is 10.6 Å². The van der Waals surface area contributed by atoms with Gasteiger partial charge in [-0.15, -0.1) is 22.0 Å². The molecule has 2 atom stereocenters. The van der Waals surface area contributed by atoms with E-state index in [2.05, 4.69) is 15.5 Å². The van der Waals surface area contributed by atoms with E-state index in [-0.39, 0.29) is 18.0 Å². The Kier molecular flexibility index (Phi) is 6.30. The van der Waals surface area contributed by atoms with Crippen LogP contribution in [0.15, 0.2) is 39.9 Å². The van der Waals surface area contributed by atoms with E-state index >= 15 is 0 Å². The van der Waals surface area contributed by atoms with Crippen molar-refractivity contribution >= 4 is 52.6 Å². The monoisotopic (exact) mass is 480 g/mol. The molecule has 2 aromatic rings. The van der Waals surface area contributed by atoms with Crippen molar-refractivity contribution in [2.24, 2.45) is 0 Å². The molecule has 0 aliphatic carbocycles. The van der Waals surface area contributed by atoms with Crippen LogP contribution >= 0.6 is 34.9 Å². The van der Waals surface area contributed by atoms with Crippen LogP contribution in [0.2, 0.25) is 0 Å². The fourth-order valence-corrected chi connectivity index (χ4v) is 6.59. The topological polar surface area (TPSA) is 112 Å². The number of nitrogens with zero attached hydrogens (tertiary/aromatic N) is 3. The van der Waals surface area contributed by atoms with Gasteiger partial charge in [0.2, 0.25) is 5.91 Å². The van der Waals surface area contributed by atoms with Crippen molar-refractivity contribution < 1.29 is 23.9 Å². The molecule has 0 spiro atoms. The summed E-state index contributed by atoms with van der Waals surface area (Å²) >= 11 is 4.23. The number of carbonyl (C=O) groups is 3. The average Bonchev–Trinajstić information content (AvgIpc) is 3.16. The van der Waals surface area contributed by atoms with Gasteiger partial charge in [-0.25, -0.2) is 9.18 Å². The maximum atomic E-state index is 13.0. The lowest BCUT2D eigenvalue weighted by Gasteiger charge is -2.49. The largest absolute Gasteiger partial charge is 0.477 e. The zero-order chi connectivity index (χ0) is 22.1. The molecule has 2 N–H and O–H groups in total. The number of aryl methyl sites for hydroxylation is 1. The number of thioether (sulfide) groups is 2. The Labute approximate surface area is 189 Å². The predicted molar refractivity (Wildman–Crippen MR) is 115 cm³/mol. The van der Waals surface area contributed by atoms with Gasteiger partial charge in [-0.2, -0.15) is 0 Å². The van der Waals surface area contributed by atoms with Crippen molar-refractivity contribution in [2.75, 3.05) is 11.5 Å². The third kappa shape index (κ3) is 4.60. The van der Waals surface area contributed by atoms with Crippen LogP contribution in [0.25, 0.3) is 0 Å². The summed E-state index contributed by atoms with van der Waals surface area (Å²) in [6.07, 6.45) is 0.00618. The van der Waals surface area contributed by atoms with Crippen LogP contribution < -0.4 is 5.32 Å². The smallest absolute Gasteiger partial charge is 0.352 e. The van der Waals surface area contributed by atoms with E-state index in [1.165, 1.54) is 64.0 Å². The van der Waals surface area contributed by atoms with Crippen molar-refractivity contribution in [2.45, 2.75) is 29.1 Å². The van der Waals surface area contributed by atoms with Gasteiger partial charge >= 0.3 is 5.97 Å². The quantitative estimate of drug-likeness (QED) is 0.458. The first-order valence-electron chi connectivity index (χ1n) is 9.20. The molecule has 0 bridgehead atoms. The number of halogens is 1. The Morgan fingerprint density at radius 2 is 2.06 bits per heavy atom. The number of benzene rings is 1. The van der Waals surface area contributed by atoms with Crippen LogP contribution in [-0.2, 0) is 20.8 Å². The van der Waals surface area contributed by atoms with Crippen molar-refractivity contribution in [3.05, 3.63) is 51.9 Å². The second kappa shape index (κ2) is 8.97. The van der Waals surface area contributed by atoms with Crippen LogP contribution in [0.5, 0.6) is 0 Å². The molecule has 2 aliphatic heterocycles. The second-order valence-electron chi connectivity index (χ2n) is 6.89. The summed E-state index contributed by atoms with van der Waals surface area (Å²) in [7, 11) is 0. The highest BCUT2D eigenvalue weighted by atomic mass is 32.2. The minimum atomic E-state index is -1.17. The molecular formula is C19H17FN4O4S3. The van der Waals surface area contributed by atoms with E-state index in [0.29, 0.717) is 22.6 Å². The number of β-lactam (4-membered cyclic amide) rings is 1. The fourth-order valence-electron chi connectivity index (χ4n) is 3.29. The molecule has 2 amide bonds. The number of fused-ring (bicyclic) bond motifs is 1. The molecule has 1 saturated heterocycles. The van der Waals surface area contributed by atoms with E-state index in [1.54, 1.807) is 0 Å². The average molecular weight is 481 g/mol. The van der Waals surface area contributed by atoms with Gasteiger partial charge in [0, 0.05) is 11.5 Å². The molecule has 4 rings (SSSR count). The standard InChI is InChI=1S/C19H17FN4O4S3/c1-9-22-23-19(31-9)30-8-11-7-29-17-14(16(26)24(17)15(11)18(27)28)21-13(25)6-10-2-4-12(20)5-3-10/h2-5,14,17H,6-8H2,1H3,(H,21,25)(H,27,28). The summed E-state index contributed by atoms with van der Waals surface area (Å²) in [4.78, 5) is 38.2. The predicted octanol–water partition coefficient (Wildman–Crippen LogP) is 2.06. The first-order chi connectivity index (χ1) is 14.8. The molecule has 31 heavy (non-hydrogen) atoms. The number of aromatic nitrogens is 2. The van der Waals surface area contributed by atoms with Gasteiger partial charge < -0.3 is 10.4 Å². The molecule has 2 aliphatic rings. The van der Waals surface area contributed by atoms with Crippen LogP contribution in [0.3, 0.4) is 0 Å². The first kappa shape index (κ1) is 21.8. The maximum Gasteiger partial charge on any atom is 0.352 e. The van der Waals surface area contributed by atoms with E-state index in [1.807, 2.05) is 6.92 Å². The Balaban J connectivity index is 1.42. The Morgan fingerprint density at radius 1 is 1.32 bits per heavy atom. The normalized spacial score (nSPS) is 20.3. The summed E-state index contributed by atoms with van der Waals surface area (Å²) in [5.74, 6) is -1.56. The zero-order valence-electron chi connectivity index (χ0n) is 16.2. The fraction of sp³-hybridized carbons (Fsp3) is 0.316. The molecular weight excluding hydrogens is 463 g/mol. The number of hydrogen-bond donors (Lipinski definition) is 2. The van der Waals surface area contributed by atoms with Gasteiger partial charge in [-0.3, -0.25) is 14.5 Å². The maximum absolute atomic E-state index is 13.0. The molecule has 8 nitrogen and oxygen atoms in total. The summed E-state index contributed by atoms with van der Waals surface area (Å²) in [5.41, 5.74) is 1.23. The Hall–Kier alpha value is -2.44. The number of amides is 2. The molecule has 1 aromatic carbocycles. The lowest BCUT2D eigenvalue weighted by Crippen LogP contribution is -2.70. The zero-order valence-corrected chi connectivity index (χ0v) is 18.7. The summed E-state index contributed by atoms with van der Waals surface area (Å²) in [6, 6.07) is 4.76. The third-order valence-corrected chi connectivity index (χ3v) is 8.12. The van der Waals surface area contributed by atoms with E-state index in [4.69, 9.17) is 0 Å². The number of carbonyl (C=O) groups excluding carboxylic acids is 2. The highest BCUT2D eigenvalue weighted by Gasteiger charge is 2.54. The highest BCUT2D eigenvalue weighted by Crippen LogP contribution is 2.41. The first-order valence-corrected chi connectivity index (χ1v) is 12.1. The van der Waals surface area contributed by atoms with E-state index in [9.17, 15) is 23.9 Å². The summed E-state index contributed by atoms with van der Waals surface area (Å²) in [5, 5.41) is 20.7. The lowest BCUT2D eigenvalue weighted by atomic mass is 10.0. The third-order valence-electron chi connectivity index (χ3n) is 4.72. The number of nitrogens with one attached hydrogen (secondary N) is 1. The van der Waals surface area contributed by atoms with Crippen molar-refractivity contribution in [1.82, 2.24) is 20.4 Å². The van der Waals surface area contributed by atoms with Crippen molar-refractivity contribution in [3.63, 3.8) is 0 Å². The molecule has 12 heteroatoms. The number of rotatable bonds is 7. The Morgan fingerprint density at radius 3 is 2.71 bits per heavy atom. The van der Waals surface area contributed by atoms with Gasteiger partial charge in [-0.1, -0.05) is 35.2 Å². The van der Waals surface area contributed by atoms with Gasteiger partial charge in [0.15, 0.2) is 4.34 Å². The van der Waals surface area contributed by atoms with Crippen LogP contribution in [0, 0.1) is 12.7 Å². The lowest BCUT2D eigenvalue weighted by molar-refractivity contribution is -0.150. The molecule has 0 saturated carbocycles. The van der Waals surface area contributed by atoms with Crippen molar-refractivity contribution in [3.8, 4) is 0 Å². The molecule has 1 aromatic heterocycles. The van der Waals surface area contributed by atoms with Crippen molar-refractivity contribution in [1.29, 1.82) is 0 Å². The Bertz CT molecular complexity index is 1070. The minimum absolute atomic E-state index is 0.00618. The van der Waals surface area contributed by atoms with Gasteiger partial charge in [0.1, 0.15) is 27.9 Å². The number of hydrogen-bond acceptors (Lipinski definition) is 8. The highest BCUT2D eigenvalue weighted by molar-refractivity contribution is 8.01. The van der Waals surface area contributed by atoms with Gasteiger partial charge in [-0.05, 0) is 30.2 Å². The number of carboxylic acids is 1. The van der Waals surface area contributed by atoms with E-state index in [0.717, 1.165) is 9.35 Å².